The summed E-state index contributed by atoms with van der Waals surface area (Å²) < 4.78 is 0. The average Bonchev–Trinajstić information content (AvgIpc) is 2.03. The molecular formula is C9H18BrN. The van der Waals surface area contributed by atoms with Crippen LogP contribution in [0.5, 0.6) is 0 Å². The van der Waals surface area contributed by atoms with Crippen LogP contribution in [0.1, 0.15) is 20.3 Å². The molecule has 2 heteroatoms. The summed E-state index contributed by atoms with van der Waals surface area (Å²) in [5.74, 6) is 1.78. The number of piperidine rings is 1. The van der Waals surface area contributed by atoms with E-state index in [9.17, 15) is 0 Å². The van der Waals surface area contributed by atoms with Crippen LogP contribution in [0, 0.1) is 11.8 Å². The SMILES string of the molecule is CCN1CC(C)CC(CBr)C1. The Kier molecular flexibility index (Phi) is 3.86. The van der Waals surface area contributed by atoms with Crippen LogP contribution >= 0.6 is 15.9 Å². The van der Waals surface area contributed by atoms with Crippen LogP contribution in [-0.2, 0) is 0 Å². The van der Waals surface area contributed by atoms with Gasteiger partial charge in [-0.2, -0.15) is 0 Å². The quantitative estimate of drug-likeness (QED) is 0.646. The lowest BCUT2D eigenvalue weighted by Gasteiger charge is -2.34. The van der Waals surface area contributed by atoms with Crippen molar-refractivity contribution in [3.8, 4) is 0 Å². The molecule has 1 rings (SSSR count). The largest absolute Gasteiger partial charge is 0.303 e. The summed E-state index contributed by atoms with van der Waals surface area (Å²) in [6, 6.07) is 0. The van der Waals surface area contributed by atoms with Crippen LogP contribution < -0.4 is 0 Å². The third kappa shape index (κ3) is 2.75. The molecule has 11 heavy (non-hydrogen) atoms. The fourth-order valence-corrected chi connectivity index (χ4v) is 2.44. The first kappa shape index (κ1) is 9.53. The molecule has 1 aliphatic heterocycles. The second-order valence-electron chi connectivity index (χ2n) is 3.71. The molecule has 66 valence electrons. The lowest BCUT2D eigenvalue weighted by molar-refractivity contribution is 0.150. The third-order valence-corrected chi connectivity index (χ3v) is 3.40. The number of hydrogen-bond acceptors (Lipinski definition) is 1. The summed E-state index contributed by atoms with van der Waals surface area (Å²) in [6.45, 7) is 8.43. The van der Waals surface area contributed by atoms with Gasteiger partial charge in [0.2, 0.25) is 0 Å². The molecule has 1 aliphatic rings. The van der Waals surface area contributed by atoms with Crippen molar-refractivity contribution in [3.05, 3.63) is 0 Å². The summed E-state index contributed by atoms with van der Waals surface area (Å²) in [6.07, 6.45) is 1.40. The Morgan fingerprint density at radius 3 is 2.73 bits per heavy atom. The van der Waals surface area contributed by atoms with Gasteiger partial charge in [-0.1, -0.05) is 29.8 Å². The van der Waals surface area contributed by atoms with Gasteiger partial charge in [-0.3, -0.25) is 0 Å². The van der Waals surface area contributed by atoms with Crippen LogP contribution in [0.2, 0.25) is 0 Å². The van der Waals surface area contributed by atoms with E-state index in [-0.39, 0.29) is 0 Å². The van der Waals surface area contributed by atoms with Gasteiger partial charge >= 0.3 is 0 Å². The Balaban J connectivity index is 2.37. The summed E-state index contributed by atoms with van der Waals surface area (Å²) >= 11 is 3.57. The van der Waals surface area contributed by atoms with Gasteiger partial charge in [0.1, 0.15) is 0 Å². The maximum atomic E-state index is 3.57. The Morgan fingerprint density at radius 1 is 1.45 bits per heavy atom. The van der Waals surface area contributed by atoms with Crippen molar-refractivity contribution in [1.82, 2.24) is 4.90 Å². The molecule has 0 aliphatic carbocycles. The minimum Gasteiger partial charge on any atom is -0.303 e. The van der Waals surface area contributed by atoms with E-state index in [4.69, 9.17) is 0 Å². The molecule has 1 nitrogen and oxygen atoms in total. The van der Waals surface area contributed by atoms with Gasteiger partial charge in [0, 0.05) is 18.4 Å². The number of nitrogens with zero attached hydrogens (tertiary/aromatic N) is 1. The van der Waals surface area contributed by atoms with Crippen LogP contribution in [0.3, 0.4) is 0 Å². The zero-order valence-corrected chi connectivity index (χ0v) is 9.10. The molecule has 2 unspecified atom stereocenters. The first-order valence-corrected chi connectivity index (χ1v) is 5.66. The van der Waals surface area contributed by atoms with Gasteiger partial charge < -0.3 is 4.90 Å². The predicted octanol–water partition coefficient (Wildman–Crippen LogP) is 2.36. The van der Waals surface area contributed by atoms with Crippen molar-refractivity contribution in [2.75, 3.05) is 25.0 Å². The van der Waals surface area contributed by atoms with E-state index in [1.54, 1.807) is 0 Å². The Labute approximate surface area is 78.3 Å². The van der Waals surface area contributed by atoms with Gasteiger partial charge in [-0.05, 0) is 24.8 Å². The minimum atomic E-state index is 0.888. The smallest absolute Gasteiger partial charge is 0.00719 e. The number of alkyl halides is 1. The Morgan fingerprint density at radius 2 is 2.18 bits per heavy atom. The monoisotopic (exact) mass is 219 g/mol. The first-order chi connectivity index (χ1) is 5.26. The van der Waals surface area contributed by atoms with E-state index in [2.05, 4.69) is 34.7 Å². The second-order valence-corrected chi connectivity index (χ2v) is 4.36. The molecule has 0 saturated carbocycles. The standard InChI is InChI=1S/C9H18BrN/c1-3-11-6-8(2)4-9(5-10)7-11/h8-9H,3-7H2,1-2H3. The topological polar surface area (TPSA) is 3.24 Å². The normalized spacial score (nSPS) is 34.1. The molecular weight excluding hydrogens is 202 g/mol. The summed E-state index contributed by atoms with van der Waals surface area (Å²) in [5, 5.41) is 1.17. The van der Waals surface area contributed by atoms with E-state index in [0.717, 1.165) is 11.8 Å². The highest BCUT2D eigenvalue weighted by molar-refractivity contribution is 9.09. The third-order valence-electron chi connectivity index (χ3n) is 2.49. The highest BCUT2D eigenvalue weighted by Gasteiger charge is 2.22. The van der Waals surface area contributed by atoms with E-state index in [1.165, 1.54) is 31.4 Å². The molecule has 0 amide bonds. The van der Waals surface area contributed by atoms with Crippen LogP contribution in [-0.4, -0.2) is 29.9 Å². The van der Waals surface area contributed by atoms with Gasteiger partial charge in [0.15, 0.2) is 0 Å². The predicted molar refractivity (Wildman–Crippen MR) is 53.2 cm³/mol. The van der Waals surface area contributed by atoms with Gasteiger partial charge in [-0.15, -0.1) is 0 Å². The molecule has 0 radical (unpaired) electrons. The number of rotatable bonds is 2. The highest BCUT2D eigenvalue weighted by Crippen LogP contribution is 2.22. The van der Waals surface area contributed by atoms with Crippen LogP contribution in [0.15, 0.2) is 0 Å². The van der Waals surface area contributed by atoms with E-state index >= 15 is 0 Å². The van der Waals surface area contributed by atoms with Gasteiger partial charge in [0.25, 0.3) is 0 Å². The molecule has 0 aromatic heterocycles. The molecule has 0 N–H and O–H groups in total. The van der Waals surface area contributed by atoms with E-state index in [0.29, 0.717) is 0 Å². The molecule has 0 spiro atoms. The number of hydrogen-bond donors (Lipinski definition) is 0. The molecule has 1 saturated heterocycles. The average molecular weight is 220 g/mol. The van der Waals surface area contributed by atoms with Crippen LogP contribution in [0.25, 0.3) is 0 Å². The summed E-state index contributed by atoms with van der Waals surface area (Å²) in [5.41, 5.74) is 0. The molecule has 0 aromatic rings. The zero-order valence-electron chi connectivity index (χ0n) is 7.52. The second kappa shape index (κ2) is 4.46. The first-order valence-electron chi connectivity index (χ1n) is 4.54. The fraction of sp³-hybridized carbons (Fsp3) is 1.00. The molecule has 0 aromatic carbocycles. The van der Waals surface area contributed by atoms with Gasteiger partial charge in [0.05, 0.1) is 0 Å². The van der Waals surface area contributed by atoms with E-state index < -0.39 is 0 Å². The Hall–Kier alpha value is 0.440. The molecule has 0 bridgehead atoms. The van der Waals surface area contributed by atoms with Crippen LogP contribution in [0.4, 0.5) is 0 Å². The van der Waals surface area contributed by atoms with E-state index in [1.807, 2.05) is 0 Å². The number of halogens is 1. The molecule has 1 fully saturated rings. The maximum absolute atomic E-state index is 3.57. The van der Waals surface area contributed by atoms with Crippen molar-refractivity contribution < 1.29 is 0 Å². The Bertz CT molecular complexity index is 104. The fourth-order valence-electron chi connectivity index (χ4n) is 1.97. The van der Waals surface area contributed by atoms with Gasteiger partial charge in [-0.25, -0.2) is 0 Å². The summed E-state index contributed by atoms with van der Waals surface area (Å²) in [4.78, 5) is 2.56. The molecule has 1 heterocycles. The van der Waals surface area contributed by atoms with Crippen molar-refractivity contribution in [3.63, 3.8) is 0 Å². The highest BCUT2D eigenvalue weighted by atomic mass is 79.9. The number of likely N-dealkylation sites (tertiary alicyclic amines) is 1. The summed E-state index contributed by atoms with van der Waals surface area (Å²) in [7, 11) is 0. The zero-order chi connectivity index (χ0) is 8.27. The maximum Gasteiger partial charge on any atom is 0.00719 e. The molecule has 2 atom stereocenters. The lowest BCUT2D eigenvalue weighted by Crippen LogP contribution is -2.39. The van der Waals surface area contributed by atoms with Crippen molar-refractivity contribution >= 4 is 15.9 Å². The lowest BCUT2D eigenvalue weighted by atomic mass is 9.92. The van der Waals surface area contributed by atoms with Crippen molar-refractivity contribution in [1.29, 1.82) is 0 Å². The minimum absolute atomic E-state index is 0.888. The van der Waals surface area contributed by atoms with Crippen molar-refractivity contribution in [2.24, 2.45) is 11.8 Å². The van der Waals surface area contributed by atoms with Crippen molar-refractivity contribution in [2.45, 2.75) is 20.3 Å².